The summed E-state index contributed by atoms with van der Waals surface area (Å²) in [6.07, 6.45) is 0. The van der Waals surface area contributed by atoms with E-state index in [4.69, 9.17) is 4.74 Å². The number of hydrogen-bond donors (Lipinski definition) is 0. The molecule has 0 aromatic heterocycles. The van der Waals surface area contributed by atoms with Crippen molar-refractivity contribution in [3.63, 3.8) is 0 Å². The van der Waals surface area contributed by atoms with Crippen molar-refractivity contribution in [2.45, 2.75) is 0 Å². The fourth-order valence-electron chi connectivity index (χ4n) is 1.27. The molecule has 0 amide bonds. The Kier molecular flexibility index (Phi) is 5.34. The van der Waals surface area contributed by atoms with Crippen molar-refractivity contribution in [2.75, 3.05) is 0 Å². The van der Waals surface area contributed by atoms with E-state index in [1.165, 1.54) is 0 Å². The van der Waals surface area contributed by atoms with Crippen molar-refractivity contribution < 1.29 is 4.74 Å². The van der Waals surface area contributed by atoms with Crippen molar-refractivity contribution in [1.29, 1.82) is 0 Å². The lowest BCUT2D eigenvalue weighted by molar-refractivity contribution is 0.481. The van der Waals surface area contributed by atoms with Gasteiger partial charge in [0.05, 0.1) is 0 Å². The minimum absolute atomic E-state index is 0.756. The van der Waals surface area contributed by atoms with Gasteiger partial charge < -0.3 is 4.74 Å². The molecule has 94 valence electrons. The van der Waals surface area contributed by atoms with Gasteiger partial charge in [-0.15, -0.1) is 0 Å². The molecule has 18 heavy (non-hydrogen) atoms. The molecule has 2 aromatic rings. The average molecular weight is 565 g/mol. The van der Waals surface area contributed by atoms with Crippen LogP contribution >= 0.6 is 79.6 Å². The fraction of sp³-hybridized carbons (Fsp3) is 0. The number of halogens is 5. The van der Waals surface area contributed by atoms with Gasteiger partial charge >= 0.3 is 0 Å². The van der Waals surface area contributed by atoms with Gasteiger partial charge in [-0.3, -0.25) is 0 Å². The van der Waals surface area contributed by atoms with Crippen LogP contribution in [0.2, 0.25) is 0 Å². The Hall–Kier alpha value is 0.640. The van der Waals surface area contributed by atoms with Gasteiger partial charge in [-0.2, -0.15) is 0 Å². The Balaban J connectivity index is 2.31. The van der Waals surface area contributed by atoms with E-state index in [1.54, 1.807) is 0 Å². The molecule has 0 atom stereocenters. The highest BCUT2D eigenvalue weighted by molar-refractivity contribution is 9.14. The summed E-state index contributed by atoms with van der Waals surface area (Å²) >= 11 is 17.3. The Morgan fingerprint density at radius 3 is 1.72 bits per heavy atom. The zero-order valence-corrected chi connectivity index (χ0v) is 16.6. The highest BCUT2D eigenvalue weighted by Gasteiger charge is 2.07. The van der Waals surface area contributed by atoms with E-state index in [9.17, 15) is 0 Å². The van der Waals surface area contributed by atoms with Crippen molar-refractivity contribution in [3.8, 4) is 11.5 Å². The second kappa shape index (κ2) is 6.39. The van der Waals surface area contributed by atoms with Gasteiger partial charge in [-0.05, 0) is 110 Å². The van der Waals surface area contributed by atoms with Crippen LogP contribution in [-0.2, 0) is 0 Å². The summed E-state index contributed by atoms with van der Waals surface area (Å²) in [7, 11) is 0. The summed E-state index contributed by atoms with van der Waals surface area (Å²) in [4.78, 5) is 0. The molecule has 2 aromatic carbocycles. The maximum atomic E-state index is 5.80. The third kappa shape index (κ3) is 3.60. The lowest BCUT2D eigenvalue weighted by Crippen LogP contribution is -1.86. The highest BCUT2D eigenvalue weighted by Crippen LogP contribution is 2.37. The number of benzene rings is 2. The molecule has 1 nitrogen and oxygen atoms in total. The van der Waals surface area contributed by atoms with E-state index in [0.29, 0.717) is 0 Å². The molecule has 0 unspecified atom stereocenters. The zero-order valence-electron chi connectivity index (χ0n) is 8.68. The summed E-state index contributed by atoms with van der Waals surface area (Å²) in [5.41, 5.74) is 0. The second-order valence-electron chi connectivity index (χ2n) is 3.38. The third-order valence-electron chi connectivity index (χ3n) is 2.08. The Bertz CT molecular complexity index is 574. The molecule has 0 N–H and O–H groups in total. The van der Waals surface area contributed by atoms with Gasteiger partial charge in [0, 0.05) is 22.4 Å². The highest BCUT2D eigenvalue weighted by atomic mass is 79.9. The molecule has 0 heterocycles. The molecule has 0 radical (unpaired) electrons. The van der Waals surface area contributed by atoms with E-state index in [1.807, 2.05) is 30.3 Å². The van der Waals surface area contributed by atoms with Crippen LogP contribution in [-0.4, -0.2) is 0 Å². The predicted molar refractivity (Wildman–Crippen MR) is 91.5 cm³/mol. The lowest BCUT2D eigenvalue weighted by atomic mass is 10.3. The Labute approximate surface area is 147 Å². The number of rotatable bonds is 2. The van der Waals surface area contributed by atoms with E-state index in [0.717, 1.165) is 33.9 Å². The van der Waals surface area contributed by atoms with Crippen molar-refractivity contribution in [2.24, 2.45) is 0 Å². The SMILES string of the molecule is Brc1ccc(Oc2cc(Br)c(Br)c(Br)c2)cc1Br. The van der Waals surface area contributed by atoms with E-state index in [-0.39, 0.29) is 0 Å². The van der Waals surface area contributed by atoms with Crippen molar-refractivity contribution in [1.82, 2.24) is 0 Å². The first-order valence-corrected chi connectivity index (χ1v) is 8.71. The molecule has 2 rings (SSSR count). The maximum absolute atomic E-state index is 5.80. The first-order chi connectivity index (χ1) is 8.47. The predicted octanol–water partition coefficient (Wildman–Crippen LogP) is 7.29. The fourth-order valence-corrected chi connectivity index (χ4v) is 3.25. The van der Waals surface area contributed by atoms with Crippen LogP contribution in [0.1, 0.15) is 0 Å². The van der Waals surface area contributed by atoms with E-state index in [2.05, 4.69) is 79.6 Å². The van der Waals surface area contributed by atoms with Crippen LogP contribution in [0, 0.1) is 0 Å². The van der Waals surface area contributed by atoms with Crippen LogP contribution in [0.5, 0.6) is 11.5 Å². The topological polar surface area (TPSA) is 9.23 Å². The first kappa shape index (κ1) is 15.0. The summed E-state index contributed by atoms with van der Waals surface area (Å²) < 4.78 is 10.6. The van der Waals surface area contributed by atoms with Gasteiger partial charge in [0.15, 0.2) is 0 Å². The average Bonchev–Trinajstić information content (AvgIpc) is 2.31. The lowest BCUT2D eigenvalue weighted by Gasteiger charge is -2.09. The molecule has 0 saturated carbocycles. The molecular weight excluding hydrogens is 560 g/mol. The summed E-state index contributed by atoms with van der Waals surface area (Å²) in [5, 5.41) is 0. The van der Waals surface area contributed by atoms with E-state index < -0.39 is 0 Å². The monoisotopic (exact) mass is 560 g/mol. The minimum atomic E-state index is 0.756. The van der Waals surface area contributed by atoms with Crippen LogP contribution in [0.3, 0.4) is 0 Å². The maximum Gasteiger partial charge on any atom is 0.129 e. The summed E-state index contributed by atoms with van der Waals surface area (Å²) in [6, 6.07) is 9.56. The standard InChI is InChI=1S/C12H5Br5O/c13-8-2-1-6(3-9(8)14)18-7-4-10(15)12(17)11(16)5-7/h1-5H. The van der Waals surface area contributed by atoms with Crippen LogP contribution in [0.25, 0.3) is 0 Å². The number of hydrogen-bond acceptors (Lipinski definition) is 1. The minimum Gasteiger partial charge on any atom is -0.457 e. The first-order valence-electron chi connectivity index (χ1n) is 4.75. The molecule has 0 saturated heterocycles. The molecule has 0 spiro atoms. The third-order valence-corrected chi connectivity index (χ3v) is 7.13. The van der Waals surface area contributed by atoms with Gasteiger partial charge in [0.25, 0.3) is 0 Å². The molecule has 0 fully saturated rings. The van der Waals surface area contributed by atoms with Gasteiger partial charge in [0.2, 0.25) is 0 Å². The van der Waals surface area contributed by atoms with Crippen LogP contribution in [0.15, 0.2) is 52.7 Å². The Morgan fingerprint density at radius 1 is 0.611 bits per heavy atom. The molecule has 0 aliphatic heterocycles. The van der Waals surface area contributed by atoms with Crippen LogP contribution in [0.4, 0.5) is 0 Å². The molecule has 0 aliphatic carbocycles. The largest absolute Gasteiger partial charge is 0.457 e. The van der Waals surface area contributed by atoms with Crippen molar-refractivity contribution in [3.05, 3.63) is 52.7 Å². The summed E-state index contributed by atoms with van der Waals surface area (Å²) in [6.45, 7) is 0. The summed E-state index contributed by atoms with van der Waals surface area (Å²) in [5.74, 6) is 1.53. The molecule has 6 heteroatoms. The molecule has 0 bridgehead atoms. The smallest absolute Gasteiger partial charge is 0.129 e. The normalized spacial score (nSPS) is 10.5. The van der Waals surface area contributed by atoms with Crippen molar-refractivity contribution >= 4 is 79.6 Å². The van der Waals surface area contributed by atoms with Gasteiger partial charge in [-0.1, -0.05) is 0 Å². The van der Waals surface area contributed by atoms with E-state index >= 15 is 0 Å². The van der Waals surface area contributed by atoms with Gasteiger partial charge in [-0.25, -0.2) is 0 Å². The van der Waals surface area contributed by atoms with Crippen LogP contribution < -0.4 is 4.74 Å². The van der Waals surface area contributed by atoms with Gasteiger partial charge in [0.1, 0.15) is 11.5 Å². The Morgan fingerprint density at radius 2 is 1.17 bits per heavy atom. The molecule has 0 aliphatic rings. The quantitative estimate of drug-likeness (QED) is 0.348. The molecular formula is C12H5Br5O. The number of ether oxygens (including phenoxy) is 1. The zero-order chi connectivity index (χ0) is 13.3. The second-order valence-corrected chi connectivity index (χ2v) is 7.59.